The van der Waals surface area contributed by atoms with E-state index in [0.717, 1.165) is 36.1 Å². The van der Waals surface area contributed by atoms with Crippen LogP contribution in [0.5, 0.6) is 0 Å². The van der Waals surface area contributed by atoms with Gasteiger partial charge >= 0.3 is 0 Å². The minimum atomic E-state index is -0.229. The van der Waals surface area contributed by atoms with Crippen LogP contribution in [-0.2, 0) is 12.8 Å². The lowest BCUT2D eigenvalue weighted by atomic mass is 10.1. The Kier molecular flexibility index (Phi) is 3.91. The third-order valence-electron chi connectivity index (χ3n) is 4.59. The van der Waals surface area contributed by atoms with E-state index in [1.54, 1.807) is 12.1 Å². The van der Waals surface area contributed by atoms with Gasteiger partial charge in [-0.3, -0.25) is 14.6 Å². The summed E-state index contributed by atoms with van der Waals surface area (Å²) in [6.07, 6.45) is 2.48. The van der Waals surface area contributed by atoms with Crippen molar-refractivity contribution in [2.24, 2.45) is 0 Å². The average Bonchev–Trinajstić information content (AvgIpc) is 3.22. The summed E-state index contributed by atoms with van der Waals surface area (Å²) in [5.41, 5.74) is 3.63. The van der Waals surface area contributed by atoms with E-state index in [1.165, 1.54) is 4.68 Å². The van der Waals surface area contributed by atoms with E-state index in [1.807, 2.05) is 32.0 Å². The molecule has 0 unspecified atom stereocenters. The number of nitrogens with one attached hydrogen (secondary N) is 2. The molecule has 2 heterocycles. The van der Waals surface area contributed by atoms with E-state index >= 15 is 0 Å². The maximum absolute atomic E-state index is 12.6. The Hall–Kier alpha value is -3.22. The number of aromatic nitrogens is 4. The normalized spacial score (nSPS) is 12.8. The lowest BCUT2D eigenvalue weighted by Gasteiger charge is -2.10. The molecule has 0 bridgehead atoms. The first kappa shape index (κ1) is 16.3. The molecule has 2 aromatic heterocycles. The number of anilines is 1. The smallest absolute Gasteiger partial charge is 0.257 e. The molecule has 4 rings (SSSR count). The number of aromatic amines is 1. The van der Waals surface area contributed by atoms with Crippen LogP contribution in [0.3, 0.4) is 0 Å². The van der Waals surface area contributed by atoms with Crippen LogP contribution < -0.4 is 10.9 Å². The number of hydrogen-bond acceptors (Lipinski definition) is 4. The number of rotatable bonds is 3. The summed E-state index contributed by atoms with van der Waals surface area (Å²) >= 11 is 0. The van der Waals surface area contributed by atoms with Crippen molar-refractivity contribution in [1.29, 1.82) is 0 Å². The Morgan fingerprint density at radius 1 is 1.23 bits per heavy atom. The van der Waals surface area contributed by atoms with Crippen LogP contribution in [0.4, 0.5) is 5.82 Å². The van der Waals surface area contributed by atoms with Crippen LogP contribution in [0, 0.1) is 13.8 Å². The van der Waals surface area contributed by atoms with Crippen molar-refractivity contribution in [1.82, 2.24) is 19.7 Å². The van der Waals surface area contributed by atoms with Crippen molar-refractivity contribution in [3.05, 3.63) is 68.8 Å². The predicted molar refractivity (Wildman–Crippen MR) is 97.9 cm³/mol. The van der Waals surface area contributed by atoms with Gasteiger partial charge in [0.1, 0.15) is 5.82 Å². The molecular weight excluding hydrogens is 330 g/mol. The van der Waals surface area contributed by atoms with Gasteiger partial charge in [0.15, 0.2) is 0 Å². The van der Waals surface area contributed by atoms with Gasteiger partial charge in [-0.15, -0.1) is 0 Å². The van der Waals surface area contributed by atoms with Crippen LogP contribution in [0.2, 0.25) is 0 Å². The highest BCUT2D eigenvalue weighted by Crippen LogP contribution is 2.20. The van der Waals surface area contributed by atoms with E-state index < -0.39 is 0 Å². The molecule has 7 nitrogen and oxygen atoms in total. The molecule has 0 radical (unpaired) electrons. The fourth-order valence-corrected chi connectivity index (χ4v) is 3.29. The molecule has 7 heteroatoms. The van der Waals surface area contributed by atoms with Crippen molar-refractivity contribution in [3.8, 4) is 5.95 Å². The third kappa shape index (κ3) is 2.81. The van der Waals surface area contributed by atoms with Gasteiger partial charge in [-0.1, -0.05) is 18.2 Å². The maximum atomic E-state index is 12.6. The first-order valence-electron chi connectivity index (χ1n) is 8.59. The predicted octanol–water partition coefficient (Wildman–Crippen LogP) is 2.31. The largest absolute Gasteiger partial charge is 0.306 e. The van der Waals surface area contributed by atoms with E-state index in [4.69, 9.17) is 0 Å². The molecule has 3 aromatic rings. The van der Waals surface area contributed by atoms with Crippen molar-refractivity contribution < 1.29 is 4.79 Å². The van der Waals surface area contributed by atoms with Crippen molar-refractivity contribution in [2.75, 3.05) is 5.32 Å². The van der Waals surface area contributed by atoms with Crippen LogP contribution in [0.1, 0.15) is 39.3 Å². The number of aryl methyl sites for hydroxylation is 3. The molecule has 26 heavy (non-hydrogen) atoms. The van der Waals surface area contributed by atoms with Gasteiger partial charge < -0.3 is 5.32 Å². The summed E-state index contributed by atoms with van der Waals surface area (Å²) in [7, 11) is 0. The first-order valence-corrected chi connectivity index (χ1v) is 8.59. The Balaban J connectivity index is 1.72. The number of H-pyrrole nitrogens is 1. The number of benzene rings is 1. The lowest BCUT2D eigenvalue weighted by Crippen LogP contribution is -2.21. The Morgan fingerprint density at radius 3 is 2.85 bits per heavy atom. The van der Waals surface area contributed by atoms with Crippen LogP contribution in [0.25, 0.3) is 5.95 Å². The van der Waals surface area contributed by atoms with Gasteiger partial charge in [0.05, 0.1) is 11.4 Å². The highest BCUT2D eigenvalue weighted by molar-refractivity contribution is 6.04. The van der Waals surface area contributed by atoms with Gasteiger partial charge in [-0.25, -0.2) is 4.98 Å². The minimum absolute atomic E-state index is 0.133. The van der Waals surface area contributed by atoms with Crippen molar-refractivity contribution in [2.45, 2.75) is 33.1 Å². The number of carbonyl (C=O) groups is 1. The number of carbonyl (C=O) groups excluding carboxylic acids is 1. The zero-order valence-corrected chi connectivity index (χ0v) is 14.7. The van der Waals surface area contributed by atoms with Gasteiger partial charge in [-0.2, -0.15) is 9.78 Å². The molecule has 1 aliphatic carbocycles. The topological polar surface area (TPSA) is 92.7 Å². The zero-order valence-electron chi connectivity index (χ0n) is 14.7. The van der Waals surface area contributed by atoms with E-state index in [0.29, 0.717) is 23.0 Å². The Bertz CT molecular complexity index is 1060. The zero-order chi connectivity index (χ0) is 18.3. The molecule has 0 saturated heterocycles. The molecule has 1 amide bonds. The minimum Gasteiger partial charge on any atom is -0.306 e. The quantitative estimate of drug-likeness (QED) is 0.759. The van der Waals surface area contributed by atoms with E-state index in [9.17, 15) is 9.59 Å². The Labute approximate surface area is 150 Å². The molecule has 0 atom stereocenters. The van der Waals surface area contributed by atoms with Gasteiger partial charge in [0.25, 0.3) is 11.5 Å². The van der Waals surface area contributed by atoms with E-state index in [-0.39, 0.29) is 11.5 Å². The summed E-state index contributed by atoms with van der Waals surface area (Å²) in [4.78, 5) is 32.3. The molecular formula is C19H19N5O2. The van der Waals surface area contributed by atoms with Crippen LogP contribution >= 0.6 is 0 Å². The molecule has 1 aromatic carbocycles. The molecule has 1 aliphatic rings. The number of fused-ring (bicyclic) bond motifs is 1. The standard InChI is InChI=1S/C19H19N5O2/c1-11-6-3-4-7-13(11)17(25)21-16-10-12(2)23-24(16)19-20-15-9-5-8-14(15)18(26)22-19/h3-4,6-7,10H,5,8-9H2,1-2H3,(H,21,25)(H,20,22,26). The number of hydrogen-bond donors (Lipinski definition) is 2. The summed E-state index contributed by atoms with van der Waals surface area (Å²) in [5, 5.41) is 7.26. The molecule has 2 N–H and O–H groups in total. The second-order valence-electron chi connectivity index (χ2n) is 6.52. The van der Waals surface area contributed by atoms with Crippen molar-refractivity contribution >= 4 is 11.7 Å². The van der Waals surface area contributed by atoms with E-state index in [2.05, 4.69) is 20.4 Å². The van der Waals surface area contributed by atoms with Crippen LogP contribution in [0.15, 0.2) is 35.1 Å². The first-order chi connectivity index (χ1) is 12.5. The molecule has 0 saturated carbocycles. The molecule has 0 fully saturated rings. The lowest BCUT2D eigenvalue weighted by molar-refractivity contribution is 0.102. The highest BCUT2D eigenvalue weighted by atomic mass is 16.2. The highest BCUT2D eigenvalue weighted by Gasteiger charge is 2.20. The second kappa shape index (κ2) is 6.25. The molecule has 0 aliphatic heterocycles. The molecule has 132 valence electrons. The third-order valence-corrected chi connectivity index (χ3v) is 4.59. The van der Waals surface area contributed by atoms with Gasteiger partial charge in [-0.05, 0) is 44.7 Å². The monoisotopic (exact) mass is 349 g/mol. The maximum Gasteiger partial charge on any atom is 0.257 e. The second-order valence-corrected chi connectivity index (χ2v) is 6.52. The summed E-state index contributed by atoms with van der Waals surface area (Å²) < 4.78 is 1.48. The average molecular weight is 349 g/mol. The fourth-order valence-electron chi connectivity index (χ4n) is 3.29. The summed E-state index contributed by atoms with van der Waals surface area (Å²) in [5.74, 6) is 0.563. The van der Waals surface area contributed by atoms with Gasteiger partial charge in [0, 0.05) is 17.2 Å². The van der Waals surface area contributed by atoms with Gasteiger partial charge in [0.2, 0.25) is 5.95 Å². The summed E-state index contributed by atoms with van der Waals surface area (Å²) in [6, 6.07) is 9.12. The number of nitrogens with zero attached hydrogens (tertiary/aromatic N) is 3. The summed E-state index contributed by atoms with van der Waals surface area (Å²) in [6.45, 7) is 3.71. The molecule has 0 spiro atoms. The van der Waals surface area contributed by atoms with Crippen LogP contribution in [-0.4, -0.2) is 25.7 Å². The Morgan fingerprint density at radius 2 is 2.04 bits per heavy atom. The SMILES string of the molecule is Cc1cc(NC(=O)c2ccccc2C)n(-c2nc3c(c(=O)[nH]2)CCC3)n1. The van der Waals surface area contributed by atoms with Crippen molar-refractivity contribution in [3.63, 3.8) is 0 Å². The fraction of sp³-hybridized carbons (Fsp3) is 0.263. The number of amides is 1.